The molecular formula is C29H29BrN2O2S2. The smallest absolute Gasteiger partial charge is 0.237 e. The molecule has 4 nitrogen and oxygen atoms in total. The average molecular weight is 582 g/mol. The molecule has 0 saturated heterocycles. The average Bonchev–Trinajstić information content (AvgIpc) is 3.25. The summed E-state index contributed by atoms with van der Waals surface area (Å²) in [7, 11) is 0. The van der Waals surface area contributed by atoms with Crippen molar-refractivity contribution in [1.29, 1.82) is 0 Å². The summed E-state index contributed by atoms with van der Waals surface area (Å²) < 4.78 is 8.66. The van der Waals surface area contributed by atoms with Crippen molar-refractivity contribution in [3.8, 4) is 5.75 Å². The lowest BCUT2D eigenvalue weighted by atomic mass is 9.65. The van der Waals surface area contributed by atoms with Gasteiger partial charge in [0.1, 0.15) is 5.75 Å². The normalized spacial score (nSPS) is 18.8. The fraction of sp³-hybridized carbons (Fsp3) is 0.310. The van der Waals surface area contributed by atoms with Crippen LogP contribution in [0.4, 0.5) is 5.69 Å². The van der Waals surface area contributed by atoms with Gasteiger partial charge in [0.15, 0.2) is 4.34 Å². The summed E-state index contributed by atoms with van der Waals surface area (Å²) in [6.45, 7) is 9.26. The second-order valence-electron chi connectivity index (χ2n) is 9.91. The van der Waals surface area contributed by atoms with E-state index in [-0.39, 0.29) is 16.9 Å². The van der Waals surface area contributed by atoms with E-state index in [2.05, 4.69) is 79.2 Å². The van der Waals surface area contributed by atoms with E-state index in [0.29, 0.717) is 12.4 Å². The predicted octanol–water partition coefficient (Wildman–Crippen LogP) is 8.07. The third kappa shape index (κ3) is 4.69. The van der Waals surface area contributed by atoms with Crippen LogP contribution in [-0.4, -0.2) is 28.8 Å². The third-order valence-corrected chi connectivity index (χ3v) is 9.51. The number of thioether (sulfide) groups is 1. The molecule has 1 aliphatic rings. The number of hydrogen-bond donors (Lipinski definition) is 0. The van der Waals surface area contributed by atoms with Crippen LogP contribution in [0.2, 0.25) is 0 Å². The molecule has 0 saturated carbocycles. The summed E-state index contributed by atoms with van der Waals surface area (Å²) in [5.41, 5.74) is 3.83. The molecule has 5 rings (SSSR count). The summed E-state index contributed by atoms with van der Waals surface area (Å²) in [5.74, 6) is 1.29. The van der Waals surface area contributed by atoms with E-state index in [1.807, 2.05) is 36.1 Å². The highest BCUT2D eigenvalue weighted by Gasteiger charge is 2.47. The highest BCUT2D eigenvalue weighted by Crippen LogP contribution is 2.50. The number of thiazole rings is 1. The fourth-order valence-electron chi connectivity index (χ4n) is 5.44. The Morgan fingerprint density at radius 2 is 1.86 bits per heavy atom. The Labute approximate surface area is 229 Å². The first kappa shape index (κ1) is 25.3. The molecule has 7 heteroatoms. The molecule has 0 spiro atoms. The first-order valence-electron chi connectivity index (χ1n) is 12.1. The van der Waals surface area contributed by atoms with Crippen LogP contribution < -0.4 is 9.64 Å². The predicted molar refractivity (Wildman–Crippen MR) is 155 cm³/mol. The second kappa shape index (κ2) is 9.84. The number of para-hydroxylation sites is 1. The van der Waals surface area contributed by atoms with E-state index in [1.54, 1.807) is 11.3 Å². The number of rotatable bonds is 6. The van der Waals surface area contributed by atoms with Crippen LogP contribution in [0.5, 0.6) is 5.75 Å². The fourth-order valence-corrected chi connectivity index (χ4v) is 7.65. The number of nitrogens with zero attached hydrogens (tertiary/aromatic N) is 2. The molecule has 186 valence electrons. The third-order valence-electron chi connectivity index (χ3n) is 6.83. The molecule has 0 N–H and O–H groups in total. The molecule has 0 fully saturated rings. The lowest BCUT2D eigenvalue weighted by Crippen LogP contribution is -2.56. The van der Waals surface area contributed by atoms with Crippen LogP contribution >= 0.6 is 39.0 Å². The van der Waals surface area contributed by atoms with Crippen molar-refractivity contribution >= 4 is 60.8 Å². The van der Waals surface area contributed by atoms with Gasteiger partial charge in [-0.1, -0.05) is 64.9 Å². The van der Waals surface area contributed by atoms with Gasteiger partial charge in [-0.05, 0) is 74.7 Å². The van der Waals surface area contributed by atoms with Crippen molar-refractivity contribution in [2.45, 2.75) is 49.4 Å². The Hall–Kier alpha value is -2.35. The van der Waals surface area contributed by atoms with Gasteiger partial charge in [-0.25, -0.2) is 4.98 Å². The molecule has 1 unspecified atom stereocenters. The van der Waals surface area contributed by atoms with Crippen molar-refractivity contribution < 1.29 is 9.53 Å². The zero-order valence-electron chi connectivity index (χ0n) is 20.9. The van der Waals surface area contributed by atoms with Gasteiger partial charge in [0.05, 0.1) is 22.6 Å². The number of carbonyl (C=O) groups excluding carboxylic acids is 1. The van der Waals surface area contributed by atoms with Crippen molar-refractivity contribution in [3.63, 3.8) is 0 Å². The van der Waals surface area contributed by atoms with Gasteiger partial charge in [0.25, 0.3) is 0 Å². The van der Waals surface area contributed by atoms with E-state index >= 15 is 0 Å². The molecule has 1 aromatic heterocycles. The standard InChI is InChI=1S/C29H29BrN2O2S2/c1-5-34-21-14-15-23-25(16-21)36-27(31-23)35-17-26(33)32-24-9-7-6-8-22(24)29(4,18-28(32,2)3)19-10-12-20(30)13-11-19/h6-16H,5,17-18H2,1-4H3. The van der Waals surface area contributed by atoms with E-state index < -0.39 is 0 Å². The van der Waals surface area contributed by atoms with E-state index in [9.17, 15) is 4.79 Å². The van der Waals surface area contributed by atoms with Crippen molar-refractivity contribution in [2.75, 3.05) is 17.3 Å². The number of halogens is 1. The zero-order chi connectivity index (χ0) is 25.5. The van der Waals surface area contributed by atoms with Crippen LogP contribution in [0.3, 0.4) is 0 Å². The lowest BCUT2D eigenvalue weighted by Gasteiger charge is -2.51. The van der Waals surface area contributed by atoms with Crippen molar-refractivity contribution in [2.24, 2.45) is 0 Å². The lowest BCUT2D eigenvalue weighted by molar-refractivity contribution is -0.117. The summed E-state index contributed by atoms with van der Waals surface area (Å²) >= 11 is 6.68. The first-order valence-corrected chi connectivity index (χ1v) is 14.7. The number of aromatic nitrogens is 1. The van der Waals surface area contributed by atoms with E-state index in [1.165, 1.54) is 22.9 Å². The number of fused-ring (bicyclic) bond motifs is 2. The van der Waals surface area contributed by atoms with Crippen LogP contribution in [0.25, 0.3) is 10.2 Å². The molecular weight excluding hydrogens is 552 g/mol. The molecule has 1 amide bonds. The maximum Gasteiger partial charge on any atom is 0.237 e. The summed E-state index contributed by atoms with van der Waals surface area (Å²) in [6.07, 6.45) is 0.830. The SMILES string of the molecule is CCOc1ccc2nc(SCC(=O)N3c4ccccc4C(C)(c4ccc(Br)cc4)CC3(C)C)sc2c1. The zero-order valence-corrected chi connectivity index (χ0v) is 24.1. The summed E-state index contributed by atoms with van der Waals surface area (Å²) in [4.78, 5) is 20.5. The minimum absolute atomic E-state index is 0.101. The Morgan fingerprint density at radius 3 is 2.61 bits per heavy atom. The Bertz CT molecular complexity index is 1420. The molecule has 0 aliphatic carbocycles. The number of anilines is 1. The molecule has 4 aromatic rings. The summed E-state index contributed by atoms with van der Waals surface area (Å²) in [5, 5.41) is 0. The largest absolute Gasteiger partial charge is 0.494 e. The van der Waals surface area contributed by atoms with Gasteiger partial charge in [-0.15, -0.1) is 11.3 Å². The quantitative estimate of drug-likeness (QED) is 0.216. The highest BCUT2D eigenvalue weighted by atomic mass is 79.9. The van der Waals surface area contributed by atoms with Crippen LogP contribution in [0, 0.1) is 0 Å². The summed E-state index contributed by atoms with van der Waals surface area (Å²) in [6, 6.07) is 22.9. The maximum atomic E-state index is 13.8. The molecule has 36 heavy (non-hydrogen) atoms. The monoisotopic (exact) mass is 580 g/mol. The topological polar surface area (TPSA) is 42.4 Å². The van der Waals surface area contributed by atoms with Crippen LogP contribution in [0.15, 0.2) is 75.5 Å². The van der Waals surface area contributed by atoms with Gasteiger partial charge in [0.2, 0.25) is 5.91 Å². The Morgan fingerprint density at radius 1 is 1.11 bits per heavy atom. The minimum Gasteiger partial charge on any atom is -0.494 e. The molecule has 2 heterocycles. The molecule has 1 aliphatic heterocycles. The van der Waals surface area contributed by atoms with Gasteiger partial charge in [-0.3, -0.25) is 4.79 Å². The van der Waals surface area contributed by atoms with Gasteiger partial charge < -0.3 is 9.64 Å². The Balaban J connectivity index is 1.42. The van der Waals surface area contributed by atoms with Crippen molar-refractivity contribution in [3.05, 3.63) is 82.3 Å². The number of ether oxygens (including phenoxy) is 1. The van der Waals surface area contributed by atoms with Gasteiger partial charge in [-0.2, -0.15) is 0 Å². The highest BCUT2D eigenvalue weighted by molar-refractivity contribution is 9.10. The Kier molecular flexibility index (Phi) is 6.92. The minimum atomic E-state index is -0.353. The maximum absolute atomic E-state index is 13.8. The first-order chi connectivity index (χ1) is 17.2. The number of amides is 1. The number of carbonyl (C=O) groups is 1. The van der Waals surface area contributed by atoms with Crippen LogP contribution in [0.1, 0.15) is 45.2 Å². The van der Waals surface area contributed by atoms with Gasteiger partial charge in [0, 0.05) is 21.1 Å². The van der Waals surface area contributed by atoms with E-state index in [4.69, 9.17) is 9.72 Å². The number of benzene rings is 3. The van der Waals surface area contributed by atoms with Crippen LogP contribution in [-0.2, 0) is 10.2 Å². The second-order valence-corrected chi connectivity index (χ2v) is 13.1. The molecule has 0 bridgehead atoms. The van der Waals surface area contributed by atoms with Crippen molar-refractivity contribution in [1.82, 2.24) is 4.98 Å². The number of hydrogen-bond acceptors (Lipinski definition) is 5. The molecule has 3 aromatic carbocycles. The molecule has 1 atom stereocenters. The van der Waals surface area contributed by atoms with E-state index in [0.717, 1.165) is 36.9 Å². The van der Waals surface area contributed by atoms with Gasteiger partial charge >= 0.3 is 0 Å². The molecule has 0 radical (unpaired) electrons.